The lowest BCUT2D eigenvalue weighted by Crippen LogP contribution is -2.39. The van der Waals surface area contributed by atoms with Crippen molar-refractivity contribution in [2.45, 2.75) is 26.1 Å². The van der Waals surface area contributed by atoms with Crippen molar-refractivity contribution in [3.8, 4) is 5.75 Å². The number of phosphoric acid groups is 1. The molecule has 0 bridgehead atoms. The Bertz CT molecular complexity index is 588. The predicted molar refractivity (Wildman–Crippen MR) is 72.8 cm³/mol. The summed E-state index contributed by atoms with van der Waals surface area (Å²) in [6, 6.07) is -1.25. The molecule has 0 fully saturated rings. The third-order valence-electron chi connectivity index (χ3n) is 2.82. The third kappa shape index (κ3) is 5.34. The van der Waals surface area contributed by atoms with Gasteiger partial charge in [0.05, 0.1) is 18.9 Å². The first-order chi connectivity index (χ1) is 10.2. The molecule has 1 heterocycles. The van der Waals surface area contributed by atoms with E-state index < -0.39 is 33.0 Å². The SMILES string of the molecule is Cc1ncc(COP(=O)(O)O)c(CN[C@H](CO)C(=O)O)c1O. The minimum Gasteiger partial charge on any atom is -0.506 e. The molecule has 22 heavy (non-hydrogen) atoms. The molecule has 124 valence electrons. The number of nitrogens with one attached hydrogen (secondary N) is 1. The van der Waals surface area contributed by atoms with Crippen molar-refractivity contribution in [2.24, 2.45) is 0 Å². The molecule has 0 radical (unpaired) electrons. The van der Waals surface area contributed by atoms with E-state index in [-0.39, 0.29) is 29.1 Å². The van der Waals surface area contributed by atoms with Crippen molar-refractivity contribution in [2.75, 3.05) is 6.61 Å². The normalized spacial score (nSPS) is 13.1. The molecule has 0 aromatic carbocycles. The molecule has 6 N–H and O–H groups in total. The van der Waals surface area contributed by atoms with Gasteiger partial charge in [0, 0.05) is 23.9 Å². The molecule has 10 nitrogen and oxygen atoms in total. The molecule has 0 spiro atoms. The highest BCUT2D eigenvalue weighted by Crippen LogP contribution is 2.38. The molecule has 0 amide bonds. The molecule has 11 heteroatoms. The highest BCUT2D eigenvalue weighted by molar-refractivity contribution is 7.46. The molecule has 0 aliphatic heterocycles. The van der Waals surface area contributed by atoms with Crippen molar-refractivity contribution in [1.82, 2.24) is 10.3 Å². The van der Waals surface area contributed by atoms with Gasteiger partial charge in [-0.05, 0) is 6.92 Å². The number of carboxylic acid groups (broad SMARTS) is 1. The van der Waals surface area contributed by atoms with Crippen LogP contribution in [0.3, 0.4) is 0 Å². The van der Waals surface area contributed by atoms with Gasteiger partial charge in [-0.3, -0.25) is 19.6 Å². The van der Waals surface area contributed by atoms with Crippen molar-refractivity contribution in [3.63, 3.8) is 0 Å². The van der Waals surface area contributed by atoms with Crippen molar-refractivity contribution < 1.29 is 39.0 Å². The number of rotatable bonds is 8. The Morgan fingerprint density at radius 2 is 2.14 bits per heavy atom. The van der Waals surface area contributed by atoms with Crippen LogP contribution in [0, 0.1) is 6.92 Å². The number of aliphatic carboxylic acids is 1. The van der Waals surface area contributed by atoms with Gasteiger partial charge in [0.25, 0.3) is 0 Å². The Balaban J connectivity index is 2.97. The lowest BCUT2D eigenvalue weighted by molar-refractivity contribution is -0.140. The van der Waals surface area contributed by atoms with Gasteiger partial charge in [0.15, 0.2) is 0 Å². The number of carboxylic acids is 1. The summed E-state index contributed by atoms with van der Waals surface area (Å²) in [6.07, 6.45) is 1.26. The number of aryl methyl sites for hydroxylation is 1. The van der Waals surface area contributed by atoms with Crippen LogP contribution in [0.2, 0.25) is 0 Å². The minimum absolute atomic E-state index is 0.160. The number of hydrogen-bond donors (Lipinski definition) is 6. The zero-order valence-corrected chi connectivity index (χ0v) is 12.5. The Labute approximate surface area is 125 Å². The van der Waals surface area contributed by atoms with Gasteiger partial charge < -0.3 is 25.1 Å². The summed E-state index contributed by atoms with van der Waals surface area (Å²) in [7, 11) is -4.70. The number of aliphatic hydroxyl groups excluding tert-OH is 1. The molecular weight excluding hydrogens is 319 g/mol. The largest absolute Gasteiger partial charge is 0.506 e. The van der Waals surface area contributed by atoms with Crippen LogP contribution in [0.1, 0.15) is 16.8 Å². The molecule has 0 unspecified atom stereocenters. The summed E-state index contributed by atoms with van der Waals surface area (Å²) < 4.78 is 15.1. The second kappa shape index (κ2) is 7.63. The summed E-state index contributed by atoms with van der Waals surface area (Å²) >= 11 is 0. The number of nitrogens with zero attached hydrogens (tertiary/aromatic N) is 1. The second-order valence-corrected chi connectivity index (χ2v) is 5.65. The van der Waals surface area contributed by atoms with Gasteiger partial charge in [0.1, 0.15) is 11.8 Å². The molecule has 0 saturated carbocycles. The fourth-order valence-electron chi connectivity index (χ4n) is 1.61. The molecular formula is C11H17N2O8P. The summed E-state index contributed by atoms with van der Waals surface area (Å²) in [5.74, 6) is -1.53. The number of hydrogen-bond acceptors (Lipinski definition) is 7. The van der Waals surface area contributed by atoms with Crippen LogP contribution in [0.15, 0.2) is 6.20 Å². The van der Waals surface area contributed by atoms with Crippen LogP contribution in [-0.2, 0) is 27.0 Å². The number of aromatic hydroxyl groups is 1. The van der Waals surface area contributed by atoms with E-state index in [1.54, 1.807) is 0 Å². The van der Waals surface area contributed by atoms with Gasteiger partial charge in [-0.1, -0.05) is 0 Å². The molecule has 0 aliphatic rings. The maximum atomic E-state index is 10.8. The van der Waals surface area contributed by atoms with Gasteiger partial charge in [-0.2, -0.15) is 0 Å². The molecule has 1 rings (SSSR count). The highest BCUT2D eigenvalue weighted by Gasteiger charge is 2.20. The number of carbonyl (C=O) groups is 1. The lowest BCUT2D eigenvalue weighted by atomic mass is 10.1. The van der Waals surface area contributed by atoms with E-state index in [1.807, 2.05) is 0 Å². The lowest BCUT2D eigenvalue weighted by Gasteiger charge is -2.16. The van der Waals surface area contributed by atoms with E-state index >= 15 is 0 Å². The molecule has 0 aliphatic carbocycles. The van der Waals surface area contributed by atoms with Gasteiger partial charge in [0.2, 0.25) is 0 Å². The Hall–Kier alpha value is -1.55. The molecule has 1 aromatic heterocycles. The molecule has 0 saturated heterocycles. The van der Waals surface area contributed by atoms with E-state index in [0.717, 1.165) is 0 Å². The molecule has 1 atom stereocenters. The first kappa shape index (κ1) is 18.5. The quantitative estimate of drug-likeness (QED) is 0.332. The Morgan fingerprint density at radius 1 is 1.50 bits per heavy atom. The number of aromatic nitrogens is 1. The maximum Gasteiger partial charge on any atom is 0.469 e. The van der Waals surface area contributed by atoms with E-state index in [0.29, 0.717) is 0 Å². The standard InChI is InChI=1S/C11H17N2O8P/c1-6-10(15)8(3-13-9(4-14)11(16)17)7(2-12-6)5-21-22(18,19)20/h2,9,13-15H,3-5H2,1H3,(H,16,17)(H2,18,19,20)/t9-/m1/s1. The average molecular weight is 336 g/mol. The van der Waals surface area contributed by atoms with Crippen LogP contribution in [0.5, 0.6) is 5.75 Å². The van der Waals surface area contributed by atoms with Gasteiger partial charge in [-0.15, -0.1) is 0 Å². The number of aliphatic hydroxyl groups is 1. The van der Waals surface area contributed by atoms with Crippen LogP contribution < -0.4 is 5.32 Å². The topological polar surface area (TPSA) is 169 Å². The van der Waals surface area contributed by atoms with E-state index in [1.165, 1.54) is 13.1 Å². The molecule has 1 aromatic rings. The van der Waals surface area contributed by atoms with Crippen molar-refractivity contribution in [1.29, 1.82) is 0 Å². The predicted octanol–water partition coefficient (Wildman–Crippen LogP) is -0.760. The fraction of sp³-hybridized carbons (Fsp3) is 0.455. The first-order valence-electron chi connectivity index (χ1n) is 6.09. The van der Waals surface area contributed by atoms with E-state index in [2.05, 4.69) is 14.8 Å². The smallest absolute Gasteiger partial charge is 0.469 e. The summed E-state index contributed by atoms with van der Waals surface area (Å²) in [5, 5.41) is 30.2. The van der Waals surface area contributed by atoms with E-state index in [4.69, 9.17) is 20.0 Å². The fourth-order valence-corrected chi connectivity index (χ4v) is 1.92. The summed E-state index contributed by atoms with van der Waals surface area (Å²) in [4.78, 5) is 32.1. The number of pyridine rings is 1. The van der Waals surface area contributed by atoms with Crippen molar-refractivity contribution >= 4 is 13.8 Å². The third-order valence-corrected chi connectivity index (χ3v) is 3.29. The van der Waals surface area contributed by atoms with Crippen LogP contribution >= 0.6 is 7.82 Å². The summed E-state index contributed by atoms with van der Waals surface area (Å²) in [6.45, 7) is 0.174. The monoisotopic (exact) mass is 336 g/mol. The van der Waals surface area contributed by atoms with E-state index in [9.17, 15) is 14.5 Å². The average Bonchev–Trinajstić information content (AvgIpc) is 2.41. The van der Waals surface area contributed by atoms with Crippen LogP contribution in [0.25, 0.3) is 0 Å². The van der Waals surface area contributed by atoms with Crippen LogP contribution in [-0.4, -0.2) is 48.7 Å². The van der Waals surface area contributed by atoms with Crippen molar-refractivity contribution in [3.05, 3.63) is 23.0 Å². The Kier molecular flexibility index (Phi) is 6.42. The minimum atomic E-state index is -4.70. The van der Waals surface area contributed by atoms with Crippen LogP contribution in [0.4, 0.5) is 0 Å². The highest BCUT2D eigenvalue weighted by atomic mass is 31.2. The van der Waals surface area contributed by atoms with Gasteiger partial charge >= 0.3 is 13.8 Å². The Morgan fingerprint density at radius 3 is 2.64 bits per heavy atom. The maximum absolute atomic E-state index is 10.8. The number of phosphoric ester groups is 1. The zero-order chi connectivity index (χ0) is 16.9. The second-order valence-electron chi connectivity index (χ2n) is 4.41. The first-order valence-corrected chi connectivity index (χ1v) is 7.62. The zero-order valence-electron chi connectivity index (χ0n) is 11.6. The summed E-state index contributed by atoms with van der Waals surface area (Å²) in [5.41, 5.74) is 0.620. The van der Waals surface area contributed by atoms with Gasteiger partial charge in [-0.25, -0.2) is 4.57 Å².